The Hall–Kier alpha value is -2.27. The highest BCUT2D eigenvalue weighted by Gasteiger charge is 2.15. The van der Waals surface area contributed by atoms with Crippen LogP contribution >= 0.6 is 35.4 Å². The fourth-order valence-corrected chi connectivity index (χ4v) is 3.50. The number of benzene rings is 3. The highest BCUT2D eigenvalue weighted by Crippen LogP contribution is 2.37. The SMILES string of the molecule is COc1cc(C(=S)NCCc2ccccc2)cc(Cl)c1OCc1ccccc1Cl. The van der Waals surface area contributed by atoms with E-state index in [-0.39, 0.29) is 6.61 Å². The molecule has 0 radical (unpaired) electrons. The molecule has 0 saturated carbocycles. The van der Waals surface area contributed by atoms with Crippen molar-refractivity contribution in [1.29, 1.82) is 0 Å². The van der Waals surface area contributed by atoms with Gasteiger partial charge in [-0.1, -0.05) is 84.0 Å². The second-order valence-electron chi connectivity index (χ2n) is 6.36. The Labute approximate surface area is 186 Å². The van der Waals surface area contributed by atoms with E-state index >= 15 is 0 Å². The third-order valence-corrected chi connectivity index (χ3v) is 5.39. The van der Waals surface area contributed by atoms with Crippen molar-refractivity contribution in [3.05, 3.63) is 93.5 Å². The Bertz CT molecular complexity index is 980. The van der Waals surface area contributed by atoms with E-state index in [1.54, 1.807) is 13.2 Å². The topological polar surface area (TPSA) is 30.5 Å². The van der Waals surface area contributed by atoms with Crippen LogP contribution in [0.1, 0.15) is 16.7 Å². The van der Waals surface area contributed by atoms with Gasteiger partial charge in [-0.05, 0) is 30.2 Å². The summed E-state index contributed by atoms with van der Waals surface area (Å²) in [7, 11) is 1.57. The zero-order valence-electron chi connectivity index (χ0n) is 16.0. The van der Waals surface area contributed by atoms with Crippen molar-refractivity contribution in [2.24, 2.45) is 0 Å². The lowest BCUT2D eigenvalue weighted by molar-refractivity contribution is 0.285. The van der Waals surface area contributed by atoms with Gasteiger partial charge in [0, 0.05) is 22.7 Å². The van der Waals surface area contributed by atoms with Crippen molar-refractivity contribution in [2.75, 3.05) is 13.7 Å². The molecule has 3 aromatic rings. The lowest BCUT2D eigenvalue weighted by Crippen LogP contribution is -2.24. The maximum Gasteiger partial charge on any atom is 0.180 e. The van der Waals surface area contributed by atoms with Gasteiger partial charge >= 0.3 is 0 Å². The highest BCUT2D eigenvalue weighted by molar-refractivity contribution is 7.80. The number of hydrogen-bond acceptors (Lipinski definition) is 3. The predicted octanol–water partition coefficient (Wildman–Crippen LogP) is 6.09. The van der Waals surface area contributed by atoms with E-state index in [1.165, 1.54) is 5.56 Å². The summed E-state index contributed by atoms with van der Waals surface area (Å²) >= 11 is 18.2. The minimum absolute atomic E-state index is 0.287. The molecule has 0 aliphatic rings. The van der Waals surface area contributed by atoms with Gasteiger partial charge in [0.2, 0.25) is 0 Å². The minimum atomic E-state index is 0.287. The van der Waals surface area contributed by atoms with Gasteiger partial charge in [-0.2, -0.15) is 0 Å². The molecule has 29 heavy (non-hydrogen) atoms. The van der Waals surface area contributed by atoms with E-state index in [4.69, 9.17) is 44.9 Å². The van der Waals surface area contributed by atoms with Gasteiger partial charge in [-0.3, -0.25) is 0 Å². The average molecular weight is 446 g/mol. The molecule has 3 nitrogen and oxygen atoms in total. The fraction of sp³-hybridized carbons (Fsp3) is 0.174. The van der Waals surface area contributed by atoms with Crippen molar-refractivity contribution in [1.82, 2.24) is 5.32 Å². The highest BCUT2D eigenvalue weighted by atomic mass is 35.5. The summed E-state index contributed by atoms with van der Waals surface area (Å²) in [4.78, 5) is 0.610. The van der Waals surface area contributed by atoms with Crippen LogP contribution in [0.4, 0.5) is 0 Å². The zero-order valence-corrected chi connectivity index (χ0v) is 18.3. The van der Waals surface area contributed by atoms with Crippen molar-refractivity contribution < 1.29 is 9.47 Å². The van der Waals surface area contributed by atoms with Crippen molar-refractivity contribution in [3.8, 4) is 11.5 Å². The molecule has 0 aliphatic carbocycles. The number of nitrogens with one attached hydrogen (secondary N) is 1. The Morgan fingerprint density at radius 2 is 1.69 bits per heavy atom. The summed E-state index contributed by atoms with van der Waals surface area (Å²) in [6.07, 6.45) is 0.880. The largest absolute Gasteiger partial charge is 0.493 e. The molecule has 150 valence electrons. The van der Waals surface area contributed by atoms with Gasteiger partial charge in [-0.25, -0.2) is 0 Å². The van der Waals surface area contributed by atoms with Crippen LogP contribution in [0.2, 0.25) is 10.0 Å². The Morgan fingerprint density at radius 3 is 2.41 bits per heavy atom. The molecule has 1 N–H and O–H groups in total. The van der Waals surface area contributed by atoms with Gasteiger partial charge in [0.1, 0.15) is 11.6 Å². The molecule has 6 heteroatoms. The van der Waals surface area contributed by atoms with Crippen LogP contribution in [0.15, 0.2) is 66.7 Å². The number of ether oxygens (including phenoxy) is 2. The Balaban J connectivity index is 1.67. The van der Waals surface area contributed by atoms with Crippen LogP contribution in [-0.4, -0.2) is 18.6 Å². The van der Waals surface area contributed by atoms with Crippen LogP contribution in [0.25, 0.3) is 0 Å². The summed E-state index contributed by atoms with van der Waals surface area (Å²) < 4.78 is 11.4. The number of thiocarbonyl (C=S) groups is 1. The third kappa shape index (κ3) is 5.86. The minimum Gasteiger partial charge on any atom is -0.493 e. The summed E-state index contributed by atoms with van der Waals surface area (Å²) in [5.74, 6) is 0.983. The maximum absolute atomic E-state index is 6.47. The van der Waals surface area contributed by atoms with Crippen molar-refractivity contribution in [3.63, 3.8) is 0 Å². The normalized spacial score (nSPS) is 10.4. The summed E-state index contributed by atoms with van der Waals surface area (Å²) in [6, 6.07) is 21.4. The predicted molar refractivity (Wildman–Crippen MR) is 124 cm³/mol. The molecule has 3 rings (SSSR count). The molecule has 0 amide bonds. The van der Waals surface area contributed by atoms with E-state index in [0.717, 1.165) is 24.1 Å². The quantitative estimate of drug-likeness (QED) is 0.425. The third-order valence-electron chi connectivity index (χ3n) is 4.36. The van der Waals surface area contributed by atoms with E-state index in [0.29, 0.717) is 26.5 Å². The molecule has 0 aromatic heterocycles. The number of halogens is 2. The molecule has 0 heterocycles. The molecule has 0 saturated heterocycles. The van der Waals surface area contributed by atoms with Gasteiger partial charge in [-0.15, -0.1) is 0 Å². The van der Waals surface area contributed by atoms with Gasteiger partial charge in [0.05, 0.1) is 12.1 Å². The van der Waals surface area contributed by atoms with Crippen LogP contribution in [0.3, 0.4) is 0 Å². The van der Waals surface area contributed by atoms with Crippen LogP contribution in [0.5, 0.6) is 11.5 Å². The van der Waals surface area contributed by atoms with Crippen LogP contribution in [-0.2, 0) is 13.0 Å². The maximum atomic E-state index is 6.47. The Kier molecular flexibility index (Phi) is 7.76. The van der Waals surface area contributed by atoms with Gasteiger partial charge in [0.15, 0.2) is 11.5 Å². The first-order valence-electron chi connectivity index (χ1n) is 9.14. The molecule has 0 bridgehead atoms. The second-order valence-corrected chi connectivity index (χ2v) is 7.58. The summed E-state index contributed by atoms with van der Waals surface area (Å²) in [6.45, 7) is 1.02. The Morgan fingerprint density at radius 1 is 0.966 bits per heavy atom. The summed E-state index contributed by atoms with van der Waals surface area (Å²) in [5.41, 5.74) is 2.90. The average Bonchev–Trinajstić information content (AvgIpc) is 2.74. The first-order chi connectivity index (χ1) is 14.1. The standard InChI is InChI=1S/C23H21Cl2NO2S/c1-27-21-14-18(23(29)26-12-11-16-7-3-2-4-8-16)13-20(25)22(21)28-15-17-9-5-6-10-19(17)24/h2-10,13-14H,11-12,15H2,1H3,(H,26,29). The van der Waals surface area contributed by atoms with Crippen molar-refractivity contribution in [2.45, 2.75) is 13.0 Å². The molecule has 0 fully saturated rings. The molecule has 0 unspecified atom stereocenters. The van der Waals surface area contributed by atoms with E-state index in [2.05, 4.69) is 17.4 Å². The van der Waals surface area contributed by atoms with Crippen LogP contribution < -0.4 is 14.8 Å². The number of methoxy groups -OCH3 is 1. The first-order valence-corrected chi connectivity index (χ1v) is 10.3. The summed E-state index contributed by atoms with van der Waals surface area (Å²) in [5, 5.41) is 4.34. The molecule has 0 atom stereocenters. The lowest BCUT2D eigenvalue weighted by atomic mass is 10.1. The molecule has 3 aromatic carbocycles. The zero-order chi connectivity index (χ0) is 20.6. The first kappa shape index (κ1) is 21.4. The van der Waals surface area contributed by atoms with Crippen LogP contribution in [0, 0.1) is 0 Å². The monoisotopic (exact) mass is 445 g/mol. The fourth-order valence-electron chi connectivity index (χ4n) is 2.82. The van der Waals surface area contributed by atoms with E-state index in [1.807, 2.05) is 48.5 Å². The van der Waals surface area contributed by atoms with Crippen molar-refractivity contribution >= 4 is 40.4 Å². The second kappa shape index (κ2) is 10.5. The van der Waals surface area contributed by atoms with E-state index in [9.17, 15) is 0 Å². The smallest absolute Gasteiger partial charge is 0.180 e. The lowest BCUT2D eigenvalue weighted by Gasteiger charge is -2.16. The number of hydrogen-bond donors (Lipinski definition) is 1. The van der Waals surface area contributed by atoms with E-state index < -0.39 is 0 Å². The number of rotatable bonds is 8. The molecule has 0 aliphatic heterocycles. The van der Waals surface area contributed by atoms with Gasteiger partial charge in [0.25, 0.3) is 0 Å². The molecule has 0 spiro atoms. The molecular weight excluding hydrogens is 425 g/mol. The van der Waals surface area contributed by atoms with Gasteiger partial charge < -0.3 is 14.8 Å². The molecular formula is C23H21Cl2NO2S.